The van der Waals surface area contributed by atoms with Crippen LogP contribution in [0.3, 0.4) is 0 Å². The molecule has 6 nitrogen and oxygen atoms in total. The predicted molar refractivity (Wildman–Crippen MR) is 143 cm³/mol. The molecule has 0 aromatic heterocycles. The first-order valence-corrected chi connectivity index (χ1v) is 13.1. The first-order valence-electron chi connectivity index (χ1n) is 13.1. The number of nitrogens with zero attached hydrogens (tertiary/aromatic N) is 1. The lowest BCUT2D eigenvalue weighted by Gasteiger charge is -2.31. The molecule has 2 aromatic rings. The summed E-state index contributed by atoms with van der Waals surface area (Å²) in [5.41, 5.74) is 4.11. The number of nitrogens with one attached hydrogen (secondary N) is 1. The Balaban J connectivity index is 1.58. The topological polar surface area (TPSA) is 67.9 Å². The van der Waals surface area contributed by atoms with Crippen molar-refractivity contribution in [1.29, 1.82) is 0 Å². The highest BCUT2D eigenvalue weighted by molar-refractivity contribution is 5.96. The van der Waals surface area contributed by atoms with E-state index in [1.54, 1.807) is 38.5 Å². The van der Waals surface area contributed by atoms with Crippen LogP contribution < -0.4 is 10.1 Å². The Morgan fingerprint density at radius 3 is 2.36 bits per heavy atom. The zero-order valence-corrected chi connectivity index (χ0v) is 22.1. The Bertz CT molecular complexity index is 983. The molecule has 1 saturated heterocycles. The molecule has 0 bridgehead atoms. The molecule has 1 fully saturated rings. The highest BCUT2D eigenvalue weighted by atomic mass is 16.5. The number of rotatable bonds is 14. The van der Waals surface area contributed by atoms with Gasteiger partial charge in [-0.25, -0.2) is 0 Å². The number of benzene rings is 2. The SMILES string of the molecule is [CH2+]Cc1cc(C)ccc1C(OC)C(CN1CCCC1)NC(=O)CCCCC(=O)c1ccc(OC)cc1. The van der Waals surface area contributed by atoms with Gasteiger partial charge in [0.2, 0.25) is 5.91 Å². The molecular weight excluding hydrogens is 452 g/mol. The summed E-state index contributed by atoms with van der Waals surface area (Å²) >= 11 is 0. The van der Waals surface area contributed by atoms with E-state index in [1.165, 1.54) is 18.4 Å². The number of hydrogen-bond donors (Lipinski definition) is 1. The lowest BCUT2D eigenvalue weighted by molar-refractivity contribution is -0.123. The summed E-state index contributed by atoms with van der Waals surface area (Å²) < 4.78 is 11.1. The quantitative estimate of drug-likeness (QED) is 0.226. The average Bonchev–Trinajstić information content (AvgIpc) is 3.40. The number of ketones is 1. The van der Waals surface area contributed by atoms with E-state index in [9.17, 15) is 9.59 Å². The molecule has 1 amide bonds. The lowest BCUT2D eigenvalue weighted by Crippen LogP contribution is -2.47. The normalized spacial score (nSPS) is 15.4. The first-order chi connectivity index (χ1) is 17.4. The van der Waals surface area contributed by atoms with Gasteiger partial charge in [-0.1, -0.05) is 23.8 Å². The molecule has 2 atom stereocenters. The molecule has 0 spiro atoms. The molecule has 2 aromatic carbocycles. The number of Topliss-reactive ketones (excluding diaryl/α,β-unsaturated/α-hetero) is 1. The van der Waals surface area contributed by atoms with Gasteiger partial charge in [-0.2, -0.15) is 0 Å². The van der Waals surface area contributed by atoms with Gasteiger partial charge in [0.05, 0.1) is 20.1 Å². The van der Waals surface area contributed by atoms with Crippen LogP contribution in [0.5, 0.6) is 5.75 Å². The predicted octanol–water partition coefficient (Wildman–Crippen LogP) is 5.09. The smallest absolute Gasteiger partial charge is 0.220 e. The van der Waals surface area contributed by atoms with Gasteiger partial charge in [0, 0.05) is 37.6 Å². The number of amides is 1. The fraction of sp³-hybridized carbons (Fsp3) is 0.500. The van der Waals surface area contributed by atoms with Gasteiger partial charge in [0.1, 0.15) is 18.3 Å². The minimum absolute atomic E-state index is 0.00132. The van der Waals surface area contributed by atoms with Crippen molar-refractivity contribution in [3.63, 3.8) is 0 Å². The zero-order valence-electron chi connectivity index (χ0n) is 22.1. The van der Waals surface area contributed by atoms with Crippen molar-refractivity contribution in [1.82, 2.24) is 10.2 Å². The third-order valence-electron chi connectivity index (χ3n) is 6.96. The summed E-state index contributed by atoms with van der Waals surface area (Å²) in [6.45, 7) is 9.03. The van der Waals surface area contributed by atoms with Gasteiger partial charge in [0.25, 0.3) is 0 Å². The molecule has 2 unspecified atom stereocenters. The highest BCUT2D eigenvalue weighted by Crippen LogP contribution is 2.27. The maximum Gasteiger partial charge on any atom is 0.220 e. The third-order valence-corrected chi connectivity index (χ3v) is 6.96. The molecular formula is C30H41N2O4+. The summed E-state index contributed by atoms with van der Waals surface area (Å²) in [6.07, 6.45) is 4.95. The van der Waals surface area contributed by atoms with Crippen molar-refractivity contribution in [3.05, 3.63) is 71.6 Å². The molecule has 1 N–H and O–H groups in total. The molecule has 0 aliphatic carbocycles. The maximum atomic E-state index is 13.0. The number of ether oxygens (including phenoxy) is 2. The second-order valence-corrected chi connectivity index (χ2v) is 9.65. The molecule has 0 radical (unpaired) electrons. The van der Waals surface area contributed by atoms with Crippen LogP contribution in [0.4, 0.5) is 0 Å². The van der Waals surface area contributed by atoms with Crippen molar-refractivity contribution in [2.24, 2.45) is 0 Å². The Morgan fingerprint density at radius 1 is 1.03 bits per heavy atom. The Morgan fingerprint density at radius 2 is 1.72 bits per heavy atom. The van der Waals surface area contributed by atoms with Crippen LogP contribution in [0.1, 0.15) is 71.7 Å². The number of aryl methyl sites for hydroxylation is 1. The van der Waals surface area contributed by atoms with E-state index >= 15 is 0 Å². The van der Waals surface area contributed by atoms with Crippen molar-refractivity contribution >= 4 is 11.7 Å². The van der Waals surface area contributed by atoms with E-state index in [0.29, 0.717) is 37.7 Å². The van der Waals surface area contributed by atoms with Crippen LogP contribution >= 0.6 is 0 Å². The molecule has 1 heterocycles. The molecule has 36 heavy (non-hydrogen) atoms. The van der Waals surface area contributed by atoms with Gasteiger partial charge in [-0.3, -0.25) is 9.59 Å². The second kappa shape index (κ2) is 14.0. The summed E-state index contributed by atoms with van der Waals surface area (Å²) in [5.74, 6) is 0.819. The minimum Gasteiger partial charge on any atom is -0.497 e. The highest BCUT2D eigenvalue weighted by Gasteiger charge is 2.29. The van der Waals surface area contributed by atoms with Crippen molar-refractivity contribution < 1.29 is 19.1 Å². The Kier molecular flexibility index (Phi) is 10.8. The van der Waals surface area contributed by atoms with E-state index in [4.69, 9.17) is 9.47 Å². The minimum atomic E-state index is -0.247. The molecule has 0 saturated carbocycles. The van der Waals surface area contributed by atoms with E-state index in [2.05, 4.69) is 42.3 Å². The fourth-order valence-electron chi connectivity index (χ4n) is 4.97. The van der Waals surface area contributed by atoms with Crippen LogP contribution in [0.2, 0.25) is 0 Å². The van der Waals surface area contributed by atoms with Crippen LogP contribution in [-0.2, 0) is 16.0 Å². The van der Waals surface area contributed by atoms with E-state index in [1.807, 2.05) is 0 Å². The average molecular weight is 494 g/mol. The lowest BCUT2D eigenvalue weighted by atomic mass is 9.93. The standard InChI is InChI=1S/C30H40N2O4/c1-5-23-20-22(2)12-17-26(23)30(36-4)27(21-32-18-8-9-19-32)31-29(34)11-7-6-10-28(33)24-13-15-25(35-3)16-14-24/h12-17,20,27,30H,1,5-11,18-19,21H2,2-4H3/p+1. The van der Waals surface area contributed by atoms with Gasteiger partial charge >= 0.3 is 0 Å². The number of carbonyl (C=O) groups excluding carboxylic acids is 2. The van der Waals surface area contributed by atoms with Crippen LogP contribution in [0.15, 0.2) is 42.5 Å². The fourth-order valence-corrected chi connectivity index (χ4v) is 4.97. The third kappa shape index (κ3) is 7.84. The largest absolute Gasteiger partial charge is 0.497 e. The zero-order chi connectivity index (χ0) is 25.9. The number of hydrogen-bond acceptors (Lipinski definition) is 5. The van der Waals surface area contributed by atoms with Crippen molar-refractivity contribution in [3.8, 4) is 5.75 Å². The molecule has 3 rings (SSSR count). The van der Waals surface area contributed by atoms with Gasteiger partial charge in [-0.05, 0) is 75.5 Å². The van der Waals surface area contributed by atoms with Crippen LogP contribution in [0, 0.1) is 13.8 Å². The van der Waals surface area contributed by atoms with Crippen molar-refractivity contribution in [2.45, 2.75) is 64.0 Å². The van der Waals surface area contributed by atoms with E-state index < -0.39 is 0 Å². The first kappa shape index (κ1) is 27.8. The molecule has 1 aliphatic rings. The van der Waals surface area contributed by atoms with E-state index in [-0.39, 0.29) is 23.8 Å². The van der Waals surface area contributed by atoms with Gasteiger partial charge in [-0.15, -0.1) is 0 Å². The Hall–Kier alpha value is -2.83. The number of methoxy groups -OCH3 is 2. The Labute approximate surface area is 216 Å². The summed E-state index contributed by atoms with van der Waals surface area (Å²) in [4.78, 5) is 27.8. The van der Waals surface area contributed by atoms with Gasteiger partial charge < -0.3 is 19.7 Å². The molecule has 6 heteroatoms. The number of unbranched alkanes of at least 4 members (excludes halogenated alkanes) is 1. The second-order valence-electron chi connectivity index (χ2n) is 9.65. The summed E-state index contributed by atoms with van der Waals surface area (Å²) in [5, 5.41) is 3.27. The van der Waals surface area contributed by atoms with Crippen LogP contribution in [-0.4, -0.2) is 56.5 Å². The monoisotopic (exact) mass is 493 g/mol. The summed E-state index contributed by atoms with van der Waals surface area (Å²) in [6, 6.07) is 13.4. The number of likely N-dealkylation sites (tertiary alicyclic amines) is 1. The van der Waals surface area contributed by atoms with Crippen molar-refractivity contribution in [2.75, 3.05) is 33.9 Å². The molecule has 1 aliphatic heterocycles. The molecule has 194 valence electrons. The van der Waals surface area contributed by atoms with Crippen LogP contribution in [0.25, 0.3) is 0 Å². The maximum absolute atomic E-state index is 13.0. The summed E-state index contributed by atoms with van der Waals surface area (Å²) in [7, 11) is 3.32. The number of carbonyl (C=O) groups is 2. The van der Waals surface area contributed by atoms with Gasteiger partial charge in [0.15, 0.2) is 5.78 Å². The van der Waals surface area contributed by atoms with E-state index in [0.717, 1.165) is 36.5 Å².